The first-order valence-electron chi connectivity index (χ1n) is 5.92. The SMILES string of the molecule is COc1nc(C)cc(-c2cnc(NC(C)=O)cc2N)n1. The van der Waals surface area contributed by atoms with E-state index in [2.05, 4.69) is 20.3 Å². The molecule has 7 heteroatoms. The average Bonchev–Trinajstić information content (AvgIpc) is 2.37. The Hall–Kier alpha value is -2.70. The van der Waals surface area contributed by atoms with Crippen molar-refractivity contribution in [3.8, 4) is 17.3 Å². The van der Waals surface area contributed by atoms with Crippen LogP contribution in [0, 0.1) is 6.92 Å². The third kappa shape index (κ3) is 3.00. The molecule has 0 aliphatic rings. The molecule has 0 fully saturated rings. The molecule has 2 heterocycles. The predicted molar refractivity (Wildman–Crippen MR) is 75.3 cm³/mol. The number of pyridine rings is 1. The monoisotopic (exact) mass is 273 g/mol. The molecule has 2 aromatic heterocycles. The Morgan fingerprint density at radius 3 is 2.70 bits per heavy atom. The fourth-order valence-corrected chi connectivity index (χ4v) is 1.70. The molecule has 20 heavy (non-hydrogen) atoms. The van der Waals surface area contributed by atoms with Gasteiger partial charge in [0.25, 0.3) is 0 Å². The molecular weight excluding hydrogens is 258 g/mol. The van der Waals surface area contributed by atoms with E-state index in [0.29, 0.717) is 22.8 Å². The van der Waals surface area contributed by atoms with Gasteiger partial charge in [-0.05, 0) is 13.0 Å². The average molecular weight is 273 g/mol. The van der Waals surface area contributed by atoms with Crippen molar-refractivity contribution in [2.75, 3.05) is 18.2 Å². The van der Waals surface area contributed by atoms with Gasteiger partial charge in [0.15, 0.2) is 0 Å². The summed E-state index contributed by atoms with van der Waals surface area (Å²) < 4.78 is 5.03. The molecule has 0 unspecified atom stereocenters. The number of anilines is 2. The summed E-state index contributed by atoms with van der Waals surface area (Å²) >= 11 is 0. The summed E-state index contributed by atoms with van der Waals surface area (Å²) in [5, 5.41) is 2.57. The summed E-state index contributed by atoms with van der Waals surface area (Å²) in [7, 11) is 1.50. The van der Waals surface area contributed by atoms with Crippen molar-refractivity contribution in [1.29, 1.82) is 0 Å². The molecule has 0 aliphatic heterocycles. The van der Waals surface area contributed by atoms with E-state index < -0.39 is 0 Å². The maximum absolute atomic E-state index is 11.0. The largest absolute Gasteiger partial charge is 0.467 e. The van der Waals surface area contributed by atoms with Crippen LogP contribution in [0.2, 0.25) is 0 Å². The number of hydrogen-bond donors (Lipinski definition) is 2. The van der Waals surface area contributed by atoms with E-state index >= 15 is 0 Å². The van der Waals surface area contributed by atoms with Crippen molar-refractivity contribution in [3.63, 3.8) is 0 Å². The Labute approximate surface area is 116 Å². The number of rotatable bonds is 3. The molecule has 104 valence electrons. The maximum Gasteiger partial charge on any atom is 0.316 e. The summed E-state index contributed by atoms with van der Waals surface area (Å²) in [6.07, 6.45) is 1.56. The zero-order valence-electron chi connectivity index (χ0n) is 11.5. The highest BCUT2D eigenvalue weighted by molar-refractivity contribution is 5.89. The highest BCUT2D eigenvalue weighted by Crippen LogP contribution is 2.26. The van der Waals surface area contributed by atoms with Crippen LogP contribution in [0.4, 0.5) is 11.5 Å². The van der Waals surface area contributed by atoms with Crippen LogP contribution in [-0.2, 0) is 4.79 Å². The van der Waals surface area contributed by atoms with Crippen molar-refractivity contribution >= 4 is 17.4 Å². The second kappa shape index (κ2) is 5.52. The van der Waals surface area contributed by atoms with Gasteiger partial charge in [0.1, 0.15) is 5.82 Å². The minimum absolute atomic E-state index is 0.204. The van der Waals surface area contributed by atoms with Crippen LogP contribution in [0.3, 0.4) is 0 Å². The molecule has 0 aromatic carbocycles. The number of aryl methyl sites for hydroxylation is 1. The number of nitrogens with zero attached hydrogens (tertiary/aromatic N) is 3. The molecule has 7 nitrogen and oxygen atoms in total. The van der Waals surface area contributed by atoms with E-state index in [1.807, 2.05) is 6.92 Å². The highest BCUT2D eigenvalue weighted by Gasteiger charge is 2.10. The first-order chi connectivity index (χ1) is 9.49. The highest BCUT2D eigenvalue weighted by atomic mass is 16.5. The van der Waals surface area contributed by atoms with Gasteiger partial charge < -0.3 is 15.8 Å². The van der Waals surface area contributed by atoms with Gasteiger partial charge in [-0.2, -0.15) is 4.98 Å². The van der Waals surface area contributed by atoms with E-state index in [-0.39, 0.29) is 11.9 Å². The van der Waals surface area contributed by atoms with Crippen molar-refractivity contribution < 1.29 is 9.53 Å². The topological polar surface area (TPSA) is 103 Å². The number of aromatic nitrogens is 3. The minimum Gasteiger partial charge on any atom is -0.467 e. The van der Waals surface area contributed by atoms with Crippen molar-refractivity contribution in [2.45, 2.75) is 13.8 Å². The molecule has 0 saturated heterocycles. The third-order valence-corrected chi connectivity index (χ3v) is 2.53. The lowest BCUT2D eigenvalue weighted by atomic mass is 10.1. The van der Waals surface area contributed by atoms with Crippen LogP contribution in [0.5, 0.6) is 6.01 Å². The summed E-state index contributed by atoms with van der Waals surface area (Å²) in [5.41, 5.74) is 8.48. The fraction of sp³-hybridized carbons (Fsp3) is 0.231. The Morgan fingerprint density at radius 1 is 1.35 bits per heavy atom. The first kappa shape index (κ1) is 13.7. The van der Waals surface area contributed by atoms with Gasteiger partial charge in [0.2, 0.25) is 5.91 Å². The second-order valence-electron chi connectivity index (χ2n) is 4.22. The van der Waals surface area contributed by atoms with Crippen LogP contribution < -0.4 is 15.8 Å². The summed E-state index contributed by atoms with van der Waals surface area (Å²) in [5.74, 6) is 0.195. The molecule has 0 spiro atoms. The van der Waals surface area contributed by atoms with Gasteiger partial charge >= 0.3 is 6.01 Å². The Bertz CT molecular complexity index is 657. The molecule has 2 rings (SSSR count). The number of carbonyl (C=O) groups excluding carboxylic acids is 1. The summed E-state index contributed by atoms with van der Waals surface area (Å²) in [6, 6.07) is 3.64. The van der Waals surface area contributed by atoms with Crippen molar-refractivity contribution in [3.05, 3.63) is 24.0 Å². The number of amides is 1. The molecular formula is C13H15N5O2. The number of carbonyl (C=O) groups is 1. The molecule has 1 amide bonds. The van der Waals surface area contributed by atoms with E-state index in [1.54, 1.807) is 18.3 Å². The standard InChI is InChI=1S/C13H15N5O2/c1-7-4-11(18-13(16-7)20-3)9-6-15-12(5-10(9)14)17-8(2)19/h4-6H,1-3H3,(H3,14,15,17,19). The van der Waals surface area contributed by atoms with Crippen molar-refractivity contribution in [2.24, 2.45) is 0 Å². The van der Waals surface area contributed by atoms with Crippen LogP contribution >= 0.6 is 0 Å². The van der Waals surface area contributed by atoms with E-state index in [0.717, 1.165) is 5.69 Å². The second-order valence-corrected chi connectivity index (χ2v) is 4.22. The molecule has 3 N–H and O–H groups in total. The van der Waals surface area contributed by atoms with E-state index in [4.69, 9.17) is 10.5 Å². The Kier molecular flexibility index (Phi) is 3.79. The smallest absolute Gasteiger partial charge is 0.316 e. The third-order valence-electron chi connectivity index (χ3n) is 2.53. The molecule has 0 radical (unpaired) electrons. The Morgan fingerprint density at radius 2 is 2.10 bits per heavy atom. The Balaban J connectivity index is 2.42. The van der Waals surface area contributed by atoms with Crippen LogP contribution in [0.15, 0.2) is 18.3 Å². The number of nitrogen functional groups attached to an aromatic ring is 1. The molecule has 2 aromatic rings. The van der Waals surface area contributed by atoms with Gasteiger partial charge in [-0.15, -0.1) is 0 Å². The first-order valence-corrected chi connectivity index (χ1v) is 5.92. The van der Waals surface area contributed by atoms with Crippen LogP contribution in [0.1, 0.15) is 12.6 Å². The number of methoxy groups -OCH3 is 1. The van der Waals surface area contributed by atoms with Gasteiger partial charge in [-0.3, -0.25) is 4.79 Å². The summed E-state index contributed by atoms with van der Waals surface area (Å²) in [6.45, 7) is 3.24. The maximum atomic E-state index is 11.0. The molecule has 0 aliphatic carbocycles. The number of nitrogens with one attached hydrogen (secondary N) is 1. The van der Waals surface area contributed by atoms with E-state index in [9.17, 15) is 4.79 Å². The number of ether oxygens (including phenoxy) is 1. The lowest BCUT2D eigenvalue weighted by Crippen LogP contribution is -2.08. The lowest BCUT2D eigenvalue weighted by Gasteiger charge is -2.09. The number of nitrogens with two attached hydrogens (primary N) is 1. The van der Waals surface area contributed by atoms with Gasteiger partial charge in [0.05, 0.1) is 12.8 Å². The molecule has 0 saturated carbocycles. The lowest BCUT2D eigenvalue weighted by molar-refractivity contribution is -0.114. The zero-order chi connectivity index (χ0) is 14.7. The molecule has 0 atom stereocenters. The molecule has 0 bridgehead atoms. The minimum atomic E-state index is -0.204. The zero-order valence-corrected chi connectivity index (χ0v) is 11.5. The predicted octanol–water partition coefficient (Wildman–Crippen LogP) is 1.40. The van der Waals surface area contributed by atoms with Gasteiger partial charge in [-0.25, -0.2) is 9.97 Å². The normalized spacial score (nSPS) is 10.2. The van der Waals surface area contributed by atoms with Crippen molar-refractivity contribution in [1.82, 2.24) is 15.0 Å². The van der Waals surface area contributed by atoms with Gasteiger partial charge in [0, 0.05) is 36.1 Å². The quantitative estimate of drug-likeness (QED) is 0.876. The van der Waals surface area contributed by atoms with Crippen LogP contribution in [0.25, 0.3) is 11.3 Å². The number of hydrogen-bond acceptors (Lipinski definition) is 6. The fourth-order valence-electron chi connectivity index (χ4n) is 1.70. The van der Waals surface area contributed by atoms with E-state index in [1.165, 1.54) is 14.0 Å². The van der Waals surface area contributed by atoms with Crippen LogP contribution in [-0.4, -0.2) is 28.0 Å². The van der Waals surface area contributed by atoms with Gasteiger partial charge in [-0.1, -0.05) is 0 Å². The summed E-state index contributed by atoms with van der Waals surface area (Å²) in [4.78, 5) is 23.5.